The van der Waals surface area contributed by atoms with E-state index in [-0.39, 0.29) is 11.3 Å². The Morgan fingerprint density at radius 1 is 1.56 bits per heavy atom. The monoisotopic (exact) mass is 335 g/mol. The lowest BCUT2D eigenvalue weighted by Crippen LogP contribution is -2.09. The van der Waals surface area contributed by atoms with Crippen LogP contribution in [0.2, 0.25) is 0 Å². The van der Waals surface area contributed by atoms with Gasteiger partial charge in [-0.15, -0.1) is 0 Å². The van der Waals surface area contributed by atoms with Crippen LogP contribution in [0, 0.1) is 17.0 Å². The number of carbonyl (C=O) groups excluding carboxylic acids is 1. The van der Waals surface area contributed by atoms with Gasteiger partial charge in [0.15, 0.2) is 0 Å². The maximum absolute atomic E-state index is 11.6. The number of hydrogen-bond donors (Lipinski definition) is 0. The predicted molar refractivity (Wildman–Crippen MR) is 67.0 cm³/mol. The molecular formula is C10H10INO4. The van der Waals surface area contributed by atoms with Gasteiger partial charge >= 0.3 is 5.97 Å². The van der Waals surface area contributed by atoms with Crippen molar-refractivity contribution in [3.05, 3.63) is 39.4 Å². The Bertz CT molecular complexity index is 419. The van der Waals surface area contributed by atoms with Gasteiger partial charge in [0.2, 0.25) is 0 Å². The third-order valence-electron chi connectivity index (χ3n) is 2.03. The summed E-state index contributed by atoms with van der Waals surface area (Å²) in [5.41, 5.74) is 0.522. The fourth-order valence-corrected chi connectivity index (χ4v) is 1.47. The molecule has 1 aromatic carbocycles. The summed E-state index contributed by atoms with van der Waals surface area (Å²) in [5, 5.41) is 10.7. The molecule has 0 unspecified atom stereocenters. The number of rotatable bonds is 4. The molecule has 86 valence electrons. The first-order valence-electron chi connectivity index (χ1n) is 4.55. The second-order valence-electron chi connectivity index (χ2n) is 3.03. The highest BCUT2D eigenvalue weighted by molar-refractivity contribution is 14.1. The van der Waals surface area contributed by atoms with Gasteiger partial charge in [-0.2, -0.15) is 0 Å². The van der Waals surface area contributed by atoms with E-state index < -0.39 is 10.9 Å². The van der Waals surface area contributed by atoms with E-state index in [9.17, 15) is 14.9 Å². The van der Waals surface area contributed by atoms with Crippen molar-refractivity contribution in [2.75, 3.05) is 11.0 Å². The van der Waals surface area contributed by atoms with Gasteiger partial charge in [-0.05, 0) is 13.0 Å². The van der Waals surface area contributed by atoms with Crippen molar-refractivity contribution >= 4 is 34.2 Å². The van der Waals surface area contributed by atoms with Crippen molar-refractivity contribution in [3.63, 3.8) is 0 Å². The molecule has 0 heterocycles. The lowest BCUT2D eigenvalue weighted by molar-refractivity contribution is -0.385. The molecule has 0 fully saturated rings. The van der Waals surface area contributed by atoms with Gasteiger partial charge < -0.3 is 4.74 Å². The van der Waals surface area contributed by atoms with Crippen LogP contribution in [0.1, 0.15) is 15.9 Å². The summed E-state index contributed by atoms with van der Waals surface area (Å²) in [4.78, 5) is 21.7. The van der Waals surface area contributed by atoms with Gasteiger partial charge in [0.25, 0.3) is 5.69 Å². The van der Waals surface area contributed by atoms with E-state index in [4.69, 9.17) is 4.74 Å². The number of esters is 1. The molecule has 0 saturated heterocycles. The zero-order valence-electron chi connectivity index (χ0n) is 8.60. The maximum atomic E-state index is 11.6. The van der Waals surface area contributed by atoms with Gasteiger partial charge in [0, 0.05) is 16.1 Å². The molecule has 0 spiro atoms. The molecule has 0 aromatic heterocycles. The van der Waals surface area contributed by atoms with Crippen LogP contribution < -0.4 is 0 Å². The molecule has 6 heteroatoms. The third kappa shape index (κ3) is 2.91. The molecule has 0 aliphatic heterocycles. The second kappa shape index (κ2) is 5.78. The van der Waals surface area contributed by atoms with E-state index >= 15 is 0 Å². The van der Waals surface area contributed by atoms with E-state index in [0.29, 0.717) is 16.6 Å². The van der Waals surface area contributed by atoms with Crippen LogP contribution in [-0.2, 0) is 4.74 Å². The highest BCUT2D eigenvalue weighted by Gasteiger charge is 2.18. The number of alkyl halides is 1. The molecule has 0 atom stereocenters. The normalized spacial score (nSPS) is 9.88. The zero-order chi connectivity index (χ0) is 12.1. The summed E-state index contributed by atoms with van der Waals surface area (Å²) >= 11 is 2.08. The van der Waals surface area contributed by atoms with Crippen molar-refractivity contribution in [2.45, 2.75) is 6.92 Å². The fourth-order valence-electron chi connectivity index (χ4n) is 1.25. The number of nitro benzene ring substituents is 1. The summed E-state index contributed by atoms with van der Waals surface area (Å²) in [6.07, 6.45) is 0. The molecule has 1 rings (SSSR count). The molecule has 0 N–H and O–H groups in total. The van der Waals surface area contributed by atoms with Crippen molar-refractivity contribution < 1.29 is 14.5 Å². The Morgan fingerprint density at radius 3 is 2.81 bits per heavy atom. The molecule has 0 saturated carbocycles. The number of nitro groups is 1. The Morgan fingerprint density at radius 2 is 2.25 bits per heavy atom. The molecule has 16 heavy (non-hydrogen) atoms. The van der Waals surface area contributed by atoms with E-state index in [1.54, 1.807) is 6.92 Å². The fraction of sp³-hybridized carbons (Fsp3) is 0.300. The first-order valence-corrected chi connectivity index (χ1v) is 6.07. The van der Waals surface area contributed by atoms with Crippen molar-refractivity contribution in [1.82, 2.24) is 0 Å². The molecule has 0 amide bonds. The van der Waals surface area contributed by atoms with Gasteiger partial charge in [0.05, 0.1) is 10.5 Å². The average molecular weight is 335 g/mol. The Hall–Kier alpha value is -1.18. The predicted octanol–water partition coefficient (Wildman–Crippen LogP) is 2.50. The third-order valence-corrected chi connectivity index (χ3v) is 2.47. The topological polar surface area (TPSA) is 69.4 Å². The Balaban J connectivity index is 3.01. The minimum atomic E-state index is -0.516. The van der Waals surface area contributed by atoms with E-state index in [1.165, 1.54) is 18.2 Å². The molecule has 1 aromatic rings. The van der Waals surface area contributed by atoms with Crippen molar-refractivity contribution in [2.24, 2.45) is 0 Å². The first kappa shape index (κ1) is 12.9. The molecule has 0 bridgehead atoms. The summed E-state index contributed by atoms with van der Waals surface area (Å²) < 4.78 is 5.62. The van der Waals surface area contributed by atoms with Crippen LogP contribution in [0.25, 0.3) is 0 Å². The standard InChI is InChI=1S/C10H10INO4/c1-7-8(10(13)16-6-5-11)3-2-4-9(7)12(14)15/h2-4H,5-6H2,1H3. The number of hydrogen-bond acceptors (Lipinski definition) is 4. The summed E-state index contributed by atoms with van der Waals surface area (Å²) in [5.74, 6) is -0.516. The smallest absolute Gasteiger partial charge is 0.338 e. The van der Waals surface area contributed by atoms with Crippen LogP contribution in [0.15, 0.2) is 18.2 Å². The summed E-state index contributed by atoms with van der Waals surface area (Å²) in [7, 11) is 0. The van der Waals surface area contributed by atoms with Gasteiger partial charge in [-0.25, -0.2) is 4.79 Å². The summed E-state index contributed by atoms with van der Waals surface area (Å²) in [6, 6.07) is 4.37. The lowest BCUT2D eigenvalue weighted by Gasteiger charge is -2.05. The minimum Gasteiger partial charge on any atom is -0.461 e. The van der Waals surface area contributed by atoms with Crippen LogP contribution in [0.4, 0.5) is 5.69 Å². The van der Waals surface area contributed by atoms with E-state index in [2.05, 4.69) is 22.6 Å². The molecule has 0 radical (unpaired) electrons. The molecule has 0 aliphatic carbocycles. The van der Waals surface area contributed by atoms with Gasteiger partial charge in [-0.1, -0.05) is 28.7 Å². The highest BCUT2D eigenvalue weighted by atomic mass is 127. The number of ether oxygens (including phenoxy) is 1. The van der Waals surface area contributed by atoms with Crippen LogP contribution in [0.3, 0.4) is 0 Å². The molecular weight excluding hydrogens is 325 g/mol. The lowest BCUT2D eigenvalue weighted by atomic mass is 10.1. The van der Waals surface area contributed by atoms with E-state index in [1.807, 2.05) is 0 Å². The van der Waals surface area contributed by atoms with Crippen molar-refractivity contribution in [3.8, 4) is 0 Å². The van der Waals surface area contributed by atoms with Crippen LogP contribution >= 0.6 is 22.6 Å². The van der Waals surface area contributed by atoms with E-state index in [0.717, 1.165) is 0 Å². The maximum Gasteiger partial charge on any atom is 0.338 e. The van der Waals surface area contributed by atoms with Gasteiger partial charge in [0.1, 0.15) is 6.61 Å². The van der Waals surface area contributed by atoms with Gasteiger partial charge in [-0.3, -0.25) is 10.1 Å². The minimum absolute atomic E-state index is 0.0658. The molecule has 0 aliphatic rings. The zero-order valence-corrected chi connectivity index (χ0v) is 10.8. The second-order valence-corrected chi connectivity index (χ2v) is 4.11. The highest BCUT2D eigenvalue weighted by Crippen LogP contribution is 2.21. The van der Waals surface area contributed by atoms with Crippen LogP contribution in [0.5, 0.6) is 0 Å². The number of carbonyl (C=O) groups is 1. The largest absolute Gasteiger partial charge is 0.461 e. The number of benzene rings is 1. The SMILES string of the molecule is Cc1c(C(=O)OCCI)cccc1[N+](=O)[O-]. The number of halogens is 1. The molecule has 5 nitrogen and oxygen atoms in total. The Labute approximate surface area is 106 Å². The number of nitrogens with zero attached hydrogens (tertiary/aromatic N) is 1. The first-order chi connectivity index (χ1) is 7.57. The van der Waals surface area contributed by atoms with Crippen molar-refractivity contribution in [1.29, 1.82) is 0 Å². The summed E-state index contributed by atoms with van der Waals surface area (Å²) in [6.45, 7) is 1.85. The quantitative estimate of drug-likeness (QED) is 0.279. The average Bonchev–Trinajstić information content (AvgIpc) is 2.25. The Kier molecular flexibility index (Phi) is 4.66. The van der Waals surface area contributed by atoms with Crippen LogP contribution in [-0.4, -0.2) is 21.9 Å².